The van der Waals surface area contributed by atoms with Crippen LogP contribution in [0.4, 0.5) is 5.69 Å². The van der Waals surface area contributed by atoms with E-state index in [2.05, 4.69) is 47.2 Å². The lowest BCUT2D eigenvalue weighted by Crippen LogP contribution is -2.33. The van der Waals surface area contributed by atoms with Crippen LogP contribution in [0.5, 0.6) is 17.2 Å². The molecule has 3 aromatic carbocycles. The molecule has 36 heavy (non-hydrogen) atoms. The van der Waals surface area contributed by atoms with E-state index in [9.17, 15) is 10.2 Å². The number of ether oxygens (including phenoxy) is 1. The molecule has 0 saturated carbocycles. The lowest BCUT2D eigenvalue weighted by molar-refractivity contribution is 0.183. The second-order valence-corrected chi connectivity index (χ2v) is 10.0. The first kappa shape index (κ1) is 24.3. The maximum absolute atomic E-state index is 10.3. The van der Waals surface area contributed by atoms with Crippen LogP contribution in [0.15, 0.2) is 60.7 Å². The van der Waals surface area contributed by atoms with E-state index in [1.54, 1.807) is 12.1 Å². The highest BCUT2D eigenvalue weighted by Gasteiger charge is 2.18. The fourth-order valence-corrected chi connectivity index (χ4v) is 5.32. The van der Waals surface area contributed by atoms with Gasteiger partial charge in [0, 0.05) is 37.5 Å². The number of anilines is 1. The van der Waals surface area contributed by atoms with Crippen molar-refractivity contribution in [1.82, 2.24) is 4.90 Å². The number of hydrogen-bond acceptors (Lipinski definition) is 5. The SMILES string of the molecule is CN(Cc1ccc(OCCN2CCCCC2)cc1)c1cc(O)ccc1C1=Cc2ccc(O)cc2CC1. The molecule has 1 aliphatic carbocycles. The number of aromatic hydroxyl groups is 2. The van der Waals surface area contributed by atoms with E-state index < -0.39 is 0 Å². The molecule has 0 atom stereocenters. The molecule has 0 amide bonds. The van der Waals surface area contributed by atoms with Crippen LogP contribution in [0, 0.1) is 0 Å². The Morgan fingerprint density at radius 3 is 2.42 bits per heavy atom. The Morgan fingerprint density at radius 2 is 1.61 bits per heavy atom. The molecule has 1 saturated heterocycles. The maximum atomic E-state index is 10.3. The van der Waals surface area contributed by atoms with E-state index in [-0.39, 0.29) is 5.75 Å². The fraction of sp³-hybridized carbons (Fsp3) is 0.355. The lowest BCUT2D eigenvalue weighted by Gasteiger charge is -2.26. The van der Waals surface area contributed by atoms with Gasteiger partial charge in [0.25, 0.3) is 0 Å². The van der Waals surface area contributed by atoms with Crippen LogP contribution >= 0.6 is 0 Å². The molecule has 0 spiro atoms. The first-order valence-corrected chi connectivity index (χ1v) is 13.1. The van der Waals surface area contributed by atoms with E-state index in [0.717, 1.165) is 55.1 Å². The minimum Gasteiger partial charge on any atom is -0.508 e. The Labute approximate surface area is 214 Å². The summed E-state index contributed by atoms with van der Waals surface area (Å²) in [5, 5.41) is 20.1. The summed E-state index contributed by atoms with van der Waals surface area (Å²) >= 11 is 0. The van der Waals surface area contributed by atoms with Crippen LogP contribution in [0.2, 0.25) is 0 Å². The summed E-state index contributed by atoms with van der Waals surface area (Å²) in [6, 6.07) is 19.5. The molecule has 3 aromatic rings. The van der Waals surface area contributed by atoms with Gasteiger partial charge >= 0.3 is 0 Å². The van der Waals surface area contributed by atoms with E-state index >= 15 is 0 Å². The fourth-order valence-electron chi connectivity index (χ4n) is 5.32. The van der Waals surface area contributed by atoms with Gasteiger partial charge in [-0.1, -0.05) is 30.7 Å². The zero-order valence-electron chi connectivity index (χ0n) is 21.1. The largest absolute Gasteiger partial charge is 0.508 e. The number of piperidine rings is 1. The number of benzene rings is 3. The third-order valence-electron chi connectivity index (χ3n) is 7.33. The molecule has 5 heteroatoms. The molecular formula is C31H36N2O3. The summed E-state index contributed by atoms with van der Waals surface area (Å²) in [5.41, 5.74) is 6.88. The Morgan fingerprint density at radius 1 is 0.861 bits per heavy atom. The highest BCUT2D eigenvalue weighted by molar-refractivity contribution is 5.89. The predicted molar refractivity (Wildman–Crippen MR) is 147 cm³/mol. The summed E-state index contributed by atoms with van der Waals surface area (Å²) in [4.78, 5) is 4.68. The van der Waals surface area contributed by atoms with Crippen molar-refractivity contribution in [3.63, 3.8) is 0 Å². The average molecular weight is 485 g/mol. The van der Waals surface area contributed by atoms with E-state index in [4.69, 9.17) is 4.74 Å². The van der Waals surface area contributed by atoms with Crippen molar-refractivity contribution in [1.29, 1.82) is 0 Å². The van der Waals surface area contributed by atoms with E-state index in [1.807, 2.05) is 24.3 Å². The third-order valence-corrected chi connectivity index (χ3v) is 7.33. The molecule has 0 bridgehead atoms. The molecular weight excluding hydrogens is 448 g/mol. The third kappa shape index (κ3) is 5.85. The number of likely N-dealkylation sites (tertiary alicyclic amines) is 1. The molecule has 2 N–H and O–H groups in total. The van der Waals surface area contributed by atoms with Crippen LogP contribution in [-0.2, 0) is 13.0 Å². The van der Waals surface area contributed by atoms with Crippen molar-refractivity contribution in [2.24, 2.45) is 0 Å². The second kappa shape index (κ2) is 11.1. The molecule has 1 aliphatic heterocycles. The first-order chi connectivity index (χ1) is 17.5. The smallest absolute Gasteiger partial charge is 0.119 e. The maximum Gasteiger partial charge on any atom is 0.119 e. The molecule has 2 aliphatic rings. The molecule has 1 heterocycles. The molecule has 1 fully saturated rings. The summed E-state index contributed by atoms with van der Waals surface area (Å²) in [6.07, 6.45) is 7.95. The Bertz CT molecular complexity index is 1210. The summed E-state index contributed by atoms with van der Waals surface area (Å²) in [5.74, 6) is 1.49. The minimum absolute atomic E-state index is 0.264. The van der Waals surface area contributed by atoms with Gasteiger partial charge in [-0.2, -0.15) is 0 Å². The van der Waals surface area contributed by atoms with Crippen LogP contribution in [0.1, 0.15) is 47.9 Å². The van der Waals surface area contributed by atoms with Gasteiger partial charge in [0.2, 0.25) is 0 Å². The van der Waals surface area contributed by atoms with Gasteiger partial charge in [0.15, 0.2) is 0 Å². The van der Waals surface area contributed by atoms with Crippen LogP contribution in [0.3, 0.4) is 0 Å². The number of phenolic OH excluding ortho intramolecular Hbond substituents is 2. The number of nitrogens with zero attached hydrogens (tertiary/aromatic N) is 2. The lowest BCUT2D eigenvalue weighted by atomic mass is 9.87. The number of aryl methyl sites for hydroxylation is 1. The second-order valence-electron chi connectivity index (χ2n) is 10.0. The normalized spacial score (nSPS) is 15.8. The number of allylic oxidation sites excluding steroid dienone is 1. The van der Waals surface area contributed by atoms with E-state index in [0.29, 0.717) is 5.75 Å². The van der Waals surface area contributed by atoms with Gasteiger partial charge in [-0.05, 0) is 97.4 Å². The van der Waals surface area contributed by atoms with E-state index in [1.165, 1.54) is 49.1 Å². The molecule has 5 rings (SSSR count). The highest BCUT2D eigenvalue weighted by Crippen LogP contribution is 2.38. The minimum atomic E-state index is 0.264. The molecule has 0 unspecified atom stereocenters. The molecule has 0 radical (unpaired) electrons. The molecule has 5 nitrogen and oxygen atoms in total. The summed E-state index contributed by atoms with van der Waals surface area (Å²) in [6.45, 7) is 4.83. The van der Waals surface area contributed by atoms with Crippen LogP contribution in [-0.4, -0.2) is 48.4 Å². The van der Waals surface area contributed by atoms with Crippen molar-refractivity contribution >= 4 is 17.3 Å². The van der Waals surface area contributed by atoms with Crippen molar-refractivity contribution in [3.05, 3.63) is 82.9 Å². The quantitative estimate of drug-likeness (QED) is 0.405. The monoisotopic (exact) mass is 484 g/mol. The standard InChI is InChI=1S/C31H36N2O3/c1-32(22-23-5-12-29(13-6-23)36-18-17-33-15-3-2-4-16-33)31-21-28(35)11-14-30(31)26-8-7-25-20-27(34)10-9-24(25)19-26/h5-6,9-14,19-21,34-35H,2-4,7-8,15-18,22H2,1H3. The van der Waals surface area contributed by atoms with Crippen molar-refractivity contribution in [2.75, 3.05) is 38.2 Å². The van der Waals surface area contributed by atoms with Gasteiger partial charge in [-0.15, -0.1) is 0 Å². The topological polar surface area (TPSA) is 56.2 Å². The van der Waals surface area contributed by atoms with Crippen LogP contribution in [0.25, 0.3) is 11.6 Å². The van der Waals surface area contributed by atoms with Gasteiger partial charge in [0.1, 0.15) is 23.9 Å². The Balaban J connectivity index is 1.25. The van der Waals surface area contributed by atoms with Crippen molar-refractivity contribution in [2.45, 2.75) is 38.6 Å². The zero-order valence-corrected chi connectivity index (χ0v) is 21.1. The number of phenols is 2. The van der Waals surface area contributed by atoms with Crippen molar-refractivity contribution < 1.29 is 14.9 Å². The number of fused-ring (bicyclic) bond motifs is 1. The first-order valence-electron chi connectivity index (χ1n) is 13.1. The number of hydrogen-bond donors (Lipinski definition) is 2. The predicted octanol–water partition coefficient (Wildman–Crippen LogP) is 6.09. The van der Waals surface area contributed by atoms with Gasteiger partial charge in [-0.25, -0.2) is 0 Å². The zero-order chi connectivity index (χ0) is 24.9. The number of rotatable bonds is 8. The van der Waals surface area contributed by atoms with Crippen molar-refractivity contribution in [3.8, 4) is 17.2 Å². The Hall–Kier alpha value is -3.44. The van der Waals surface area contributed by atoms with Gasteiger partial charge in [-0.3, -0.25) is 4.90 Å². The van der Waals surface area contributed by atoms with Gasteiger partial charge in [0.05, 0.1) is 0 Å². The Kier molecular flexibility index (Phi) is 7.47. The summed E-state index contributed by atoms with van der Waals surface area (Å²) < 4.78 is 5.99. The van der Waals surface area contributed by atoms with Gasteiger partial charge < -0.3 is 19.8 Å². The average Bonchev–Trinajstić information content (AvgIpc) is 2.90. The highest BCUT2D eigenvalue weighted by atomic mass is 16.5. The van der Waals surface area contributed by atoms with Crippen LogP contribution < -0.4 is 9.64 Å². The molecule has 0 aromatic heterocycles. The molecule has 188 valence electrons. The summed E-state index contributed by atoms with van der Waals surface area (Å²) in [7, 11) is 2.07.